The minimum atomic E-state index is -0.849. The van der Waals surface area contributed by atoms with E-state index in [4.69, 9.17) is 15.2 Å². The largest absolute Gasteiger partial charge is 0.497 e. The Hall–Kier alpha value is -1.79. The van der Waals surface area contributed by atoms with Crippen molar-refractivity contribution in [2.24, 2.45) is 17.1 Å². The fourth-order valence-corrected chi connectivity index (χ4v) is 4.26. The Morgan fingerprint density at radius 2 is 2.19 bits per heavy atom. The number of anilines is 1. The molecular weight excluding hydrogens is 342 g/mol. The summed E-state index contributed by atoms with van der Waals surface area (Å²) in [6.07, 6.45) is 1.69. The van der Waals surface area contributed by atoms with Crippen LogP contribution in [0.2, 0.25) is 0 Å². The van der Waals surface area contributed by atoms with Gasteiger partial charge in [-0.1, -0.05) is 19.9 Å². The number of ether oxygens (including phenoxy) is 2. The highest BCUT2D eigenvalue weighted by Gasteiger charge is 2.62. The van der Waals surface area contributed by atoms with E-state index >= 15 is 0 Å². The first-order chi connectivity index (χ1) is 12.8. The number of nitrogens with one attached hydrogen (secondary N) is 1. The Balaban J connectivity index is 1.52. The molecule has 1 amide bonds. The van der Waals surface area contributed by atoms with Crippen LogP contribution in [-0.2, 0) is 9.53 Å². The van der Waals surface area contributed by atoms with Gasteiger partial charge >= 0.3 is 0 Å². The number of methoxy groups -OCH3 is 1. The lowest BCUT2D eigenvalue weighted by atomic mass is 9.54. The fourth-order valence-electron chi connectivity index (χ4n) is 4.26. The summed E-state index contributed by atoms with van der Waals surface area (Å²) >= 11 is 0. The summed E-state index contributed by atoms with van der Waals surface area (Å²) in [7, 11) is 1.68. The van der Waals surface area contributed by atoms with E-state index in [1.165, 1.54) is 0 Å². The fraction of sp³-hybridized carbons (Fsp3) is 0.667. The van der Waals surface area contributed by atoms with Crippen molar-refractivity contribution in [2.75, 3.05) is 38.3 Å². The molecule has 0 bridgehead atoms. The highest BCUT2D eigenvalue weighted by molar-refractivity contribution is 5.88. The van der Waals surface area contributed by atoms with Crippen molar-refractivity contribution in [3.8, 4) is 5.75 Å². The highest BCUT2D eigenvalue weighted by atomic mass is 16.5. The topological polar surface area (TPSA) is 76.8 Å². The third-order valence-electron chi connectivity index (χ3n) is 6.49. The zero-order chi connectivity index (χ0) is 19.7. The molecule has 3 rings (SSSR count). The lowest BCUT2D eigenvalue weighted by Crippen LogP contribution is -2.75. The average molecular weight is 376 g/mol. The Labute approximate surface area is 162 Å². The molecule has 1 aliphatic heterocycles. The van der Waals surface area contributed by atoms with E-state index in [-0.39, 0.29) is 17.4 Å². The number of amides is 1. The summed E-state index contributed by atoms with van der Waals surface area (Å²) in [6, 6.07) is 8.12. The van der Waals surface area contributed by atoms with E-state index < -0.39 is 5.54 Å². The second-order valence-corrected chi connectivity index (χ2v) is 8.35. The first-order valence-electron chi connectivity index (χ1n) is 9.89. The Morgan fingerprint density at radius 1 is 1.41 bits per heavy atom. The van der Waals surface area contributed by atoms with E-state index in [2.05, 4.69) is 22.3 Å². The van der Waals surface area contributed by atoms with Gasteiger partial charge in [-0.15, -0.1) is 0 Å². The molecule has 3 N–H and O–H groups in total. The summed E-state index contributed by atoms with van der Waals surface area (Å²) in [6.45, 7) is 9.24. The normalized spacial score (nSPS) is 29.3. The molecule has 27 heavy (non-hydrogen) atoms. The van der Waals surface area contributed by atoms with Crippen molar-refractivity contribution < 1.29 is 14.3 Å². The van der Waals surface area contributed by atoms with Crippen LogP contribution in [0.1, 0.15) is 33.6 Å². The molecule has 2 fully saturated rings. The molecule has 6 heteroatoms. The third-order valence-corrected chi connectivity index (χ3v) is 6.49. The van der Waals surface area contributed by atoms with Crippen LogP contribution in [0.4, 0.5) is 5.69 Å². The van der Waals surface area contributed by atoms with Crippen LogP contribution < -0.4 is 20.7 Å². The summed E-state index contributed by atoms with van der Waals surface area (Å²) < 4.78 is 11.0. The number of nitrogens with zero attached hydrogens (tertiary/aromatic N) is 1. The van der Waals surface area contributed by atoms with Crippen LogP contribution in [-0.4, -0.2) is 50.9 Å². The zero-order valence-electron chi connectivity index (χ0n) is 17.0. The molecule has 150 valence electrons. The number of carbonyl (C=O) groups excluding carboxylic acids is 1. The van der Waals surface area contributed by atoms with Gasteiger partial charge in [-0.05, 0) is 31.4 Å². The smallest absolute Gasteiger partial charge is 0.240 e. The molecule has 0 spiro atoms. The highest BCUT2D eigenvalue weighted by Crippen LogP contribution is 2.49. The molecule has 1 aromatic rings. The quantitative estimate of drug-likeness (QED) is 0.764. The summed E-state index contributed by atoms with van der Waals surface area (Å²) in [5.41, 5.74) is 6.43. The predicted octanol–water partition coefficient (Wildman–Crippen LogP) is 2.17. The summed E-state index contributed by atoms with van der Waals surface area (Å²) in [5, 5.41) is 3.11. The minimum Gasteiger partial charge on any atom is -0.497 e. The van der Waals surface area contributed by atoms with Gasteiger partial charge in [-0.2, -0.15) is 0 Å². The van der Waals surface area contributed by atoms with Crippen LogP contribution >= 0.6 is 0 Å². The van der Waals surface area contributed by atoms with Crippen LogP contribution in [0, 0.1) is 11.3 Å². The van der Waals surface area contributed by atoms with Gasteiger partial charge < -0.3 is 25.4 Å². The van der Waals surface area contributed by atoms with Gasteiger partial charge in [0.2, 0.25) is 5.91 Å². The second-order valence-electron chi connectivity index (χ2n) is 8.35. The average Bonchev–Trinajstić information content (AvgIpc) is 3.14. The van der Waals surface area contributed by atoms with Gasteiger partial charge in [-0.3, -0.25) is 4.79 Å². The van der Waals surface area contributed by atoms with Crippen LogP contribution in [0.5, 0.6) is 5.75 Å². The van der Waals surface area contributed by atoms with Gasteiger partial charge in [0.1, 0.15) is 11.3 Å². The van der Waals surface area contributed by atoms with E-state index in [1.807, 2.05) is 32.9 Å². The molecule has 1 aliphatic carbocycles. The number of rotatable bonds is 7. The van der Waals surface area contributed by atoms with Crippen LogP contribution in [0.15, 0.2) is 24.3 Å². The predicted molar refractivity (Wildman–Crippen MR) is 107 cm³/mol. The van der Waals surface area contributed by atoms with Gasteiger partial charge in [0, 0.05) is 49.8 Å². The van der Waals surface area contributed by atoms with Crippen molar-refractivity contribution >= 4 is 11.6 Å². The molecule has 3 atom stereocenters. The van der Waals surface area contributed by atoms with E-state index in [0.29, 0.717) is 25.5 Å². The molecule has 0 aromatic heterocycles. The first-order valence-corrected chi connectivity index (χ1v) is 9.89. The number of hydrogen-bond donors (Lipinski definition) is 2. The number of benzene rings is 1. The van der Waals surface area contributed by atoms with E-state index in [1.54, 1.807) is 7.11 Å². The Kier molecular flexibility index (Phi) is 5.68. The molecule has 0 radical (unpaired) electrons. The SMILES string of the molecule is CCOC1CC(N)(C(=O)NCC2CCN(c3cccc(OC)c3)C2)C1(C)C. The Bertz CT molecular complexity index is 678. The number of nitrogens with two attached hydrogens (primary N) is 1. The lowest BCUT2D eigenvalue weighted by molar-refractivity contribution is -0.170. The van der Waals surface area contributed by atoms with Gasteiger partial charge in [-0.25, -0.2) is 0 Å². The maximum atomic E-state index is 12.8. The Morgan fingerprint density at radius 3 is 2.85 bits per heavy atom. The van der Waals surface area contributed by atoms with E-state index in [0.717, 1.165) is 30.9 Å². The second kappa shape index (κ2) is 7.68. The maximum Gasteiger partial charge on any atom is 0.240 e. The zero-order valence-corrected chi connectivity index (χ0v) is 17.0. The summed E-state index contributed by atoms with van der Waals surface area (Å²) in [4.78, 5) is 15.1. The summed E-state index contributed by atoms with van der Waals surface area (Å²) in [5.74, 6) is 1.24. The van der Waals surface area contributed by atoms with Crippen LogP contribution in [0.3, 0.4) is 0 Å². The van der Waals surface area contributed by atoms with E-state index in [9.17, 15) is 4.79 Å². The standard InChI is InChI=1S/C21H33N3O3/c1-5-27-18-12-21(22,20(18,2)3)19(25)23-13-15-9-10-24(14-15)16-7-6-8-17(11-16)26-4/h6-8,11,15,18H,5,9-10,12-14,22H2,1-4H3,(H,23,25). The van der Waals surface area contributed by atoms with Gasteiger partial charge in [0.05, 0.1) is 13.2 Å². The molecular formula is C21H33N3O3. The van der Waals surface area contributed by atoms with Crippen molar-refractivity contribution in [3.05, 3.63) is 24.3 Å². The molecule has 3 unspecified atom stereocenters. The van der Waals surface area contributed by atoms with Crippen molar-refractivity contribution in [3.63, 3.8) is 0 Å². The molecule has 1 saturated carbocycles. The number of carbonyl (C=O) groups is 1. The van der Waals surface area contributed by atoms with Crippen molar-refractivity contribution in [1.29, 1.82) is 0 Å². The van der Waals surface area contributed by atoms with Gasteiger partial charge in [0.15, 0.2) is 0 Å². The van der Waals surface area contributed by atoms with Gasteiger partial charge in [0.25, 0.3) is 0 Å². The minimum absolute atomic E-state index is 0.0493. The molecule has 6 nitrogen and oxygen atoms in total. The molecule has 1 aromatic carbocycles. The molecule has 2 aliphatic rings. The molecule has 1 heterocycles. The van der Waals surface area contributed by atoms with Crippen molar-refractivity contribution in [1.82, 2.24) is 5.32 Å². The molecule has 1 saturated heterocycles. The maximum absolute atomic E-state index is 12.8. The third kappa shape index (κ3) is 3.65. The lowest BCUT2D eigenvalue weighted by Gasteiger charge is -2.57. The van der Waals surface area contributed by atoms with Crippen molar-refractivity contribution in [2.45, 2.75) is 45.3 Å². The van der Waals surface area contributed by atoms with Crippen LogP contribution in [0.25, 0.3) is 0 Å². The first kappa shape index (κ1) is 20.0. The number of hydrogen-bond acceptors (Lipinski definition) is 5. The monoisotopic (exact) mass is 375 g/mol.